The molecule has 0 bridgehead atoms. The Morgan fingerprint density at radius 2 is 1.86 bits per heavy atom. The lowest BCUT2D eigenvalue weighted by Gasteiger charge is -2.42. The van der Waals surface area contributed by atoms with Gasteiger partial charge in [-0.15, -0.1) is 0 Å². The second kappa shape index (κ2) is 6.64. The second-order valence-electron chi connectivity index (χ2n) is 6.75. The summed E-state index contributed by atoms with van der Waals surface area (Å²) in [5, 5.41) is 9.78. The summed E-state index contributed by atoms with van der Waals surface area (Å²) in [4.78, 5) is 25.8. The van der Waals surface area contributed by atoms with Gasteiger partial charge in [-0.1, -0.05) is 0 Å². The third kappa shape index (κ3) is 4.33. The lowest BCUT2D eigenvalue weighted by Crippen LogP contribution is -2.60. The Hall–Kier alpha value is -1.30. The molecule has 6 heteroatoms. The van der Waals surface area contributed by atoms with E-state index in [0.717, 1.165) is 0 Å². The number of hydrogen-bond donors (Lipinski definition) is 1. The Morgan fingerprint density at radius 1 is 1.24 bits per heavy atom. The van der Waals surface area contributed by atoms with Crippen molar-refractivity contribution in [2.24, 2.45) is 0 Å². The van der Waals surface area contributed by atoms with E-state index in [0.29, 0.717) is 26.1 Å². The van der Waals surface area contributed by atoms with Crippen LogP contribution in [0, 0.1) is 0 Å². The highest BCUT2D eigenvalue weighted by Gasteiger charge is 2.49. The normalized spacial score (nSPS) is 23.5. The van der Waals surface area contributed by atoms with Crippen molar-refractivity contribution in [3.8, 4) is 0 Å². The summed E-state index contributed by atoms with van der Waals surface area (Å²) in [6.07, 6.45) is 0.680. The molecule has 1 rings (SSSR count). The van der Waals surface area contributed by atoms with Gasteiger partial charge in [-0.05, 0) is 47.5 Å². The smallest absolute Gasteiger partial charge is 0.411 e. The van der Waals surface area contributed by atoms with Gasteiger partial charge in [0.25, 0.3) is 0 Å². The number of hydrogen-bond acceptors (Lipinski definition) is 4. The van der Waals surface area contributed by atoms with Crippen LogP contribution in [0.1, 0.15) is 53.9 Å². The molecule has 0 aliphatic carbocycles. The molecule has 0 aromatic carbocycles. The number of carbonyl (C=O) groups is 2. The summed E-state index contributed by atoms with van der Waals surface area (Å²) in [6.45, 7) is 9.78. The Balaban J connectivity index is 3.14. The second-order valence-corrected chi connectivity index (χ2v) is 6.75. The van der Waals surface area contributed by atoms with Crippen LogP contribution in [-0.2, 0) is 14.3 Å². The van der Waals surface area contributed by atoms with Crippen molar-refractivity contribution >= 4 is 12.1 Å². The third-order valence-corrected chi connectivity index (χ3v) is 3.50. The zero-order valence-corrected chi connectivity index (χ0v) is 13.6. The predicted molar refractivity (Wildman–Crippen MR) is 78.2 cm³/mol. The first kappa shape index (κ1) is 17.8. The monoisotopic (exact) mass is 301 g/mol. The van der Waals surface area contributed by atoms with Gasteiger partial charge >= 0.3 is 12.1 Å². The van der Waals surface area contributed by atoms with Gasteiger partial charge in [-0.2, -0.15) is 0 Å². The number of rotatable bonds is 3. The SMILES string of the molecule is CC(C)N(C(=O)OC(C)(C)C)C1(C(=O)O)CCCOCC1. The van der Waals surface area contributed by atoms with Crippen molar-refractivity contribution < 1.29 is 24.2 Å². The minimum atomic E-state index is -1.26. The molecule has 21 heavy (non-hydrogen) atoms. The molecule has 1 N–H and O–H groups in total. The number of ether oxygens (including phenoxy) is 2. The van der Waals surface area contributed by atoms with E-state index in [1.165, 1.54) is 4.90 Å². The lowest BCUT2D eigenvalue weighted by molar-refractivity contribution is -0.154. The highest BCUT2D eigenvalue weighted by molar-refractivity contribution is 5.84. The van der Waals surface area contributed by atoms with Gasteiger partial charge < -0.3 is 14.6 Å². The van der Waals surface area contributed by atoms with Crippen molar-refractivity contribution in [2.45, 2.75) is 71.1 Å². The predicted octanol–water partition coefficient (Wildman–Crippen LogP) is 2.66. The van der Waals surface area contributed by atoms with E-state index in [2.05, 4.69) is 0 Å². The minimum absolute atomic E-state index is 0.269. The lowest BCUT2D eigenvalue weighted by atomic mass is 9.87. The van der Waals surface area contributed by atoms with Gasteiger partial charge in [0, 0.05) is 25.7 Å². The molecule has 0 aromatic rings. The molecule has 1 heterocycles. The summed E-state index contributed by atoms with van der Waals surface area (Å²) in [5.41, 5.74) is -1.92. The van der Waals surface area contributed by atoms with Crippen molar-refractivity contribution in [1.82, 2.24) is 4.90 Å². The van der Waals surface area contributed by atoms with E-state index >= 15 is 0 Å². The van der Waals surface area contributed by atoms with Crippen molar-refractivity contribution in [2.75, 3.05) is 13.2 Å². The first-order valence-electron chi connectivity index (χ1n) is 7.43. The highest BCUT2D eigenvalue weighted by Crippen LogP contribution is 2.32. The first-order chi connectivity index (χ1) is 9.60. The molecule has 122 valence electrons. The first-order valence-corrected chi connectivity index (χ1v) is 7.43. The van der Waals surface area contributed by atoms with Crippen molar-refractivity contribution in [3.63, 3.8) is 0 Å². The minimum Gasteiger partial charge on any atom is -0.479 e. The van der Waals surface area contributed by atoms with Gasteiger partial charge in [0.2, 0.25) is 0 Å². The molecule has 1 saturated heterocycles. The fraction of sp³-hybridized carbons (Fsp3) is 0.867. The Bertz CT molecular complexity index is 378. The molecule has 1 aliphatic rings. The number of amides is 1. The van der Waals surface area contributed by atoms with Gasteiger partial charge in [-0.25, -0.2) is 9.59 Å². The Kier molecular flexibility index (Phi) is 5.61. The molecule has 1 fully saturated rings. The van der Waals surface area contributed by atoms with Gasteiger partial charge in [-0.3, -0.25) is 4.90 Å². The number of carbonyl (C=O) groups excluding carboxylic acids is 1. The van der Waals surface area contributed by atoms with E-state index in [1.54, 1.807) is 34.6 Å². The molecule has 0 radical (unpaired) electrons. The number of nitrogens with zero attached hydrogens (tertiary/aromatic N) is 1. The zero-order chi connectivity index (χ0) is 16.3. The Morgan fingerprint density at radius 3 is 2.33 bits per heavy atom. The zero-order valence-electron chi connectivity index (χ0n) is 13.6. The quantitative estimate of drug-likeness (QED) is 0.867. The van der Waals surface area contributed by atoms with Crippen LogP contribution >= 0.6 is 0 Å². The van der Waals surface area contributed by atoms with Crippen molar-refractivity contribution in [3.05, 3.63) is 0 Å². The summed E-state index contributed by atoms with van der Waals surface area (Å²) in [5.74, 6) is -0.993. The molecular weight excluding hydrogens is 274 g/mol. The molecule has 0 spiro atoms. The summed E-state index contributed by atoms with van der Waals surface area (Å²) < 4.78 is 10.8. The fourth-order valence-corrected chi connectivity index (χ4v) is 2.68. The molecule has 1 amide bonds. The van der Waals surface area contributed by atoms with Crippen molar-refractivity contribution in [1.29, 1.82) is 0 Å². The summed E-state index contributed by atoms with van der Waals surface area (Å²) >= 11 is 0. The van der Waals surface area contributed by atoms with Crippen LogP contribution in [0.15, 0.2) is 0 Å². The van der Waals surface area contributed by atoms with Crippen LogP contribution in [-0.4, -0.2) is 52.5 Å². The molecule has 0 aromatic heterocycles. The largest absolute Gasteiger partial charge is 0.479 e. The molecule has 1 aliphatic heterocycles. The van der Waals surface area contributed by atoms with Crippen LogP contribution in [0.4, 0.5) is 4.79 Å². The molecule has 6 nitrogen and oxygen atoms in total. The average molecular weight is 301 g/mol. The molecule has 1 unspecified atom stereocenters. The maximum Gasteiger partial charge on any atom is 0.411 e. The van der Waals surface area contributed by atoms with E-state index in [1.807, 2.05) is 0 Å². The van der Waals surface area contributed by atoms with E-state index in [-0.39, 0.29) is 12.5 Å². The topological polar surface area (TPSA) is 76.1 Å². The van der Waals surface area contributed by atoms with Crippen LogP contribution < -0.4 is 0 Å². The van der Waals surface area contributed by atoms with Crippen LogP contribution in [0.25, 0.3) is 0 Å². The molecule has 1 atom stereocenters. The fourth-order valence-electron chi connectivity index (χ4n) is 2.68. The number of carboxylic acid groups (broad SMARTS) is 1. The maximum absolute atomic E-state index is 12.5. The van der Waals surface area contributed by atoms with E-state index in [9.17, 15) is 14.7 Å². The molecular formula is C15H27NO5. The summed E-state index contributed by atoms with van der Waals surface area (Å²) in [6, 6.07) is -0.269. The molecule has 0 saturated carbocycles. The average Bonchev–Trinajstić information content (AvgIpc) is 2.52. The highest BCUT2D eigenvalue weighted by atomic mass is 16.6. The van der Waals surface area contributed by atoms with Gasteiger partial charge in [0.1, 0.15) is 11.1 Å². The van der Waals surface area contributed by atoms with E-state index < -0.39 is 23.2 Å². The van der Waals surface area contributed by atoms with Gasteiger partial charge in [0.15, 0.2) is 0 Å². The van der Waals surface area contributed by atoms with Crippen LogP contribution in [0.5, 0.6) is 0 Å². The number of aliphatic carboxylic acids is 1. The van der Waals surface area contributed by atoms with Crippen LogP contribution in [0.3, 0.4) is 0 Å². The summed E-state index contributed by atoms with van der Waals surface area (Å²) in [7, 11) is 0. The maximum atomic E-state index is 12.5. The van der Waals surface area contributed by atoms with E-state index in [4.69, 9.17) is 9.47 Å². The Labute approximate surface area is 126 Å². The van der Waals surface area contributed by atoms with Crippen LogP contribution in [0.2, 0.25) is 0 Å². The third-order valence-electron chi connectivity index (χ3n) is 3.50. The number of carboxylic acids is 1. The van der Waals surface area contributed by atoms with Gasteiger partial charge in [0.05, 0.1) is 0 Å². The standard InChI is InChI=1S/C15H27NO5/c1-11(2)16(13(19)21-14(3,4)5)15(12(17)18)7-6-9-20-10-8-15/h11H,6-10H2,1-5H3,(H,17,18).